The van der Waals surface area contributed by atoms with Gasteiger partial charge >= 0.3 is 0 Å². The summed E-state index contributed by atoms with van der Waals surface area (Å²) in [7, 11) is 4.03. The topological polar surface area (TPSA) is 52.6 Å². The standard InChI is InChI=1S/C16H18N2O2/c1-18(2)11-12-3-7-14(8-4-12)17-16(20)13-5-9-15(19)10-6-13/h3-10,19H,11H2,1-2H3,(H,17,20). The van der Waals surface area contributed by atoms with E-state index in [4.69, 9.17) is 0 Å². The van der Waals surface area contributed by atoms with E-state index >= 15 is 0 Å². The van der Waals surface area contributed by atoms with Gasteiger partial charge in [-0.2, -0.15) is 0 Å². The van der Waals surface area contributed by atoms with Crippen LogP contribution in [-0.2, 0) is 6.54 Å². The smallest absolute Gasteiger partial charge is 0.255 e. The van der Waals surface area contributed by atoms with E-state index in [1.165, 1.54) is 17.7 Å². The van der Waals surface area contributed by atoms with Crippen LogP contribution in [0.2, 0.25) is 0 Å². The molecule has 0 spiro atoms. The summed E-state index contributed by atoms with van der Waals surface area (Å²) in [6.07, 6.45) is 0. The Labute approximate surface area is 118 Å². The van der Waals surface area contributed by atoms with Crippen LogP contribution in [0.4, 0.5) is 5.69 Å². The fourth-order valence-corrected chi connectivity index (χ4v) is 1.87. The molecule has 2 N–H and O–H groups in total. The molecule has 0 bridgehead atoms. The van der Waals surface area contributed by atoms with Crippen LogP contribution in [0.1, 0.15) is 15.9 Å². The molecule has 0 heterocycles. The summed E-state index contributed by atoms with van der Waals surface area (Å²) in [6, 6.07) is 13.9. The number of aromatic hydroxyl groups is 1. The number of amides is 1. The van der Waals surface area contributed by atoms with Crippen LogP contribution >= 0.6 is 0 Å². The van der Waals surface area contributed by atoms with Crippen LogP contribution in [0.5, 0.6) is 5.75 Å². The molecule has 0 saturated carbocycles. The number of carbonyl (C=O) groups is 1. The number of phenolic OH excluding ortho intramolecular Hbond substituents is 1. The highest BCUT2D eigenvalue weighted by atomic mass is 16.3. The number of benzene rings is 2. The maximum Gasteiger partial charge on any atom is 0.255 e. The van der Waals surface area contributed by atoms with E-state index in [2.05, 4.69) is 10.2 Å². The van der Waals surface area contributed by atoms with E-state index in [1.54, 1.807) is 12.1 Å². The molecule has 0 aliphatic heterocycles. The van der Waals surface area contributed by atoms with Gasteiger partial charge in [0.2, 0.25) is 0 Å². The molecular weight excluding hydrogens is 252 g/mol. The van der Waals surface area contributed by atoms with Crippen molar-refractivity contribution in [1.29, 1.82) is 0 Å². The largest absolute Gasteiger partial charge is 0.508 e. The molecule has 20 heavy (non-hydrogen) atoms. The van der Waals surface area contributed by atoms with Gasteiger partial charge in [-0.3, -0.25) is 4.79 Å². The van der Waals surface area contributed by atoms with E-state index in [9.17, 15) is 9.90 Å². The lowest BCUT2D eigenvalue weighted by Gasteiger charge is -2.10. The van der Waals surface area contributed by atoms with Gasteiger partial charge in [-0.1, -0.05) is 12.1 Å². The Morgan fingerprint density at radius 3 is 2.20 bits per heavy atom. The summed E-state index contributed by atoms with van der Waals surface area (Å²) in [6.45, 7) is 0.867. The molecule has 0 radical (unpaired) electrons. The summed E-state index contributed by atoms with van der Waals surface area (Å²) in [5, 5.41) is 12.0. The van der Waals surface area contributed by atoms with E-state index in [0.29, 0.717) is 5.56 Å². The maximum atomic E-state index is 12.0. The van der Waals surface area contributed by atoms with Crippen molar-refractivity contribution in [3.8, 4) is 5.75 Å². The number of carbonyl (C=O) groups excluding carboxylic acids is 1. The number of hydrogen-bond donors (Lipinski definition) is 2. The summed E-state index contributed by atoms with van der Waals surface area (Å²) in [5.74, 6) is -0.0417. The zero-order valence-electron chi connectivity index (χ0n) is 11.6. The van der Waals surface area contributed by atoms with Crippen LogP contribution in [0, 0.1) is 0 Å². The SMILES string of the molecule is CN(C)Cc1ccc(NC(=O)c2ccc(O)cc2)cc1. The molecule has 0 aromatic heterocycles. The first-order valence-electron chi connectivity index (χ1n) is 6.38. The molecule has 2 rings (SSSR count). The quantitative estimate of drug-likeness (QED) is 0.898. The second kappa shape index (κ2) is 6.21. The van der Waals surface area contributed by atoms with Gasteiger partial charge in [-0.05, 0) is 56.1 Å². The van der Waals surface area contributed by atoms with Gasteiger partial charge in [0, 0.05) is 17.8 Å². The van der Waals surface area contributed by atoms with Crippen molar-refractivity contribution in [2.45, 2.75) is 6.54 Å². The van der Waals surface area contributed by atoms with Crippen molar-refractivity contribution in [3.63, 3.8) is 0 Å². The van der Waals surface area contributed by atoms with Crippen molar-refractivity contribution in [3.05, 3.63) is 59.7 Å². The third-order valence-electron chi connectivity index (χ3n) is 2.84. The van der Waals surface area contributed by atoms with Crippen LogP contribution < -0.4 is 5.32 Å². The normalized spacial score (nSPS) is 10.6. The van der Waals surface area contributed by atoms with Crippen LogP contribution in [0.3, 0.4) is 0 Å². The molecule has 0 aliphatic rings. The molecule has 0 fully saturated rings. The highest BCUT2D eigenvalue weighted by molar-refractivity contribution is 6.04. The summed E-state index contributed by atoms with van der Waals surface area (Å²) < 4.78 is 0. The molecule has 0 atom stereocenters. The first kappa shape index (κ1) is 14.1. The lowest BCUT2D eigenvalue weighted by Crippen LogP contribution is -2.12. The van der Waals surface area contributed by atoms with Crippen molar-refractivity contribution < 1.29 is 9.90 Å². The van der Waals surface area contributed by atoms with Gasteiger partial charge in [0.15, 0.2) is 0 Å². The number of phenols is 1. The van der Waals surface area contributed by atoms with E-state index in [-0.39, 0.29) is 11.7 Å². The maximum absolute atomic E-state index is 12.0. The second-order valence-electron chi connectivity index (χ2n) is 4.94. The van der Waals surface area contributed by atoms with Crippen LogP contribution in [-0.4, -0.2) is 30.0 Å². The summed E-state index contributed by atoms with van der Waals surface area (Å²) >= 11 is 0. The average molecular weight is 270 g/mol. The molecule has 2 aromatic rings. The zero-order chi connectivity index (χ0) is 14.5. The first-order chi connectivity index (χ1) is 9.54. The molecule has 1 amide bonds. The highest BCUT2D eigenvalue weighted by Crippen LogP contribution is 2.14. The van der Waals surface area contributed by atoms with Crippen molar-refractivity contribution in [2.24, 2.45) is 0 Å². The minimum Gasteiger partial charge on any atom is -0.508 e. The first-order valence-corrected chi connectivity index (χ1v) is 6.38. The lowest BCUT2D eigenvalue weighted by molar-refractivity contribution is 0.102. The van der Waals surface area contributed by atoms with E-state index < -0.39 is 0 Å². The molecule has 104 valence electrons. The minimum atomic E-state index is -0.189. The van der Waals surface area contributed by atoms with Crippen LogP contribution in [0.25, 0.3) is 0 Å². The van der Waals surface area contributed by atoms with Crippen LogP contribution in [0.15, 0.2) is 48.5 Å². The summed E-state index contributed by atoms with van der Waals surface area (Å²) in [5.41, 5.74) is 2.46. The monoisotopic (exact) mass is 270 g/mol. The molecule has 4 heteroatoms. The summed E-state index contributed by atoms with van der Waals surface area (Å²) in [4.78, 5) is 14.1. The zero-order valence-corrected chi connectivity index (χ0v) is 11.6. The number of nitrogens with one attached hydrogen (secondary N) is 1. The second-order valence-corrected chi connectivity index (χ2v) is 4.94. The van der Waals surface area contributed by atoms with E-state index in [0.717, 1.165) is 12.2 Å². The Hall–Kier alpha value is -2.33. The Morgan fingerprint density at radius 1 is 1.05 bits per heavy atom. The van der Waals surface area contributed by atoms with Gasteiger partial charge in [0.05, 0.1) is 0 Å². The van der Waals surface area contributed by atoms with Gasteiger partial charge < -0.3 is 15.3 Å². The minimum absolute atomic E-state index is 0.148. The Bertz CT molecular complexity index is 574. The van der Waals surface area contributed by atoms with Crippen molar-refractivity contribution >= 4 is 11.6 Å². The number of nitrogens with zero attached hydrogens (tertiary/aromatic N) is 1. The Kier molecular flexibility index (Phi) is 4.38. The number of rotatable bonds is 4. The van der Waals surface area contributed by atoms with Gasteiger partial charge in [-0.15, -0.1) is 0 Å². The molecule has 4 nitrogen and oxygen atoms in total. The molecular formula is C16H18N2O2. The fraction of sp³-hybridized carbons (Fsp3) is 0.188. The average Bonchev–Trinajstić information content (AvgIpc) is 2.41. The van der Waals surface area contributed by atoms with Gasteiger partial charge in [0.25, 0.3) is 5.91 Å². The highest BCUT2D eigenvalue weighted by Gasteiger charge is 2.06. The lowest BCUT2D eigenvalue weighted by atomic mass is 10.1. The van der Waals surface area contributed by atoms with Gasteiger partial charge in [0.1, 0.15) is 5.75 Å². The van der Waals surface area contributed by atoms with Gasteiger partial charge in [-0.25, -0.2) is 0 Å². The van der Waals surface area contributed by atoms with Crippen molar-refractivity contribution in [2.75, 3.05) is 19.4 Å². The molecule has 0 saturated heterocycles. The van der Waals surface area contributed by atoms with E-state index in [1.807, 2.05) is 38.4 Å². The predicted octanol–water partition coefficient (Wildman–Crippen LogP) is 2.71. The third-order valence-corrected chi connectivity index (χ3v) is 2.84. The fourth-order valence-electron chi connectivity index (χ4n) is 1.87. The Balaban J connectivity index is 2.02. The number of anilines is 1. The molecule has 0 unspecified atom stereocenters. The number of hydrogen-bond acceptors (Lipinski definition) is 3. The Morgan fingerprint density at radius 2 is 1.65 bits per heavy atom. The van der Waals surface area contributed by atoms with Crippen molar-refractivity contribution in [1.82, 2.24) is 4.90 Å². The third kappa shape index (κ3) is 3.83. The molecule has 0 aliphatic carbocycles. The predicted molar refractivity (Wildman–Crippen MR) is 79.9 cm³/mol. The molecule has 2 aromatic carbocycles.